The van der Waals surface area contributed by atoms with Crippen molar-refractivity contribution in [3.63, 3.8) is 0 Å². The first-order valence-electron chi connectivity index (χ1n) is 19.8. The van der Waals surface area contributed by atoms with Crippen LogP contribution in [0.5, 0.6) is 11.5 Å². The van der Waals surface area contributed by atoms with E-state index in [1.54, 1.807) is 72.8 Å². The Labute approximate surface area is 340 Å². The molecule has 304 valence electrons. The Bertz CT molecular complexity index is 1810. The van der Waals surface area contributed by atoms with Crippen molar-refractivity contribution in [1.29, 1.82) is 0 Å². The first kappa shape index (κ1) is 44.5. The SMILES string of the molecule is CC(C)(C)CN(CC(C)(C)C)c1ccc(C(=O)Oc2ccc(C(=O)CC(=O)c3ccc(OC(=O)c4ccc(N(CC(C)(C)C)CC(C)(C)C)cc4)cc3)cc2)cc1. The van der Waals surface area contributed by atoms with Gasteiger partial charge < -0.3 is 19.3 Å². The van der Waals surface area contributed by atoms with Crippen molar-refractivity contribution in [2.75, 3.05) is 36.0 Å². The number of nitrogens with zero attached hydrogens (tertiary/aromatic N) is 2. The van der Waals surface area contributed by atoms with Crippen molar-refractivity contribution in [3.05, 3.63) is 119 Å². The number of ether oxygens (including phenoxy) is 2. The minimum atomic E-state index is -0.504. The molecule has 0 atom stereocenters. The molecular formula is C49H62N2O6. The molecule has 0 N–H and O–H groups in total. The predicted octanol–water partition coefficient (Wildman–Crippen LogP) is 11.4. The van der Waals surface area contributed by atoms with Crippen molar-refractivity contribution in [2.45, 2.75) is 89.5 Å². The molecule has 57 heavy (non-hydrogen) atoms. The maximum absolute atomic E-state index is 13.0. The lowest BCUT2D eigenvalue weighted by Crippen LogP contribution is -2.38. The molecule has 0 bridgehead atoms. The van der Waals surface area contributed by atoms with Gasteiger partial charge in [-0.3, -0.25) is 9.59 Å². The smallest absolute Gasteiger partial charge is 0.343 e. The third-order valence-electron chi connectivity index (χ3n) is 8.69. The third kappa shape index (κ3) is 14.7. The van der Waals surface area contributed by atoms with Gasteiger partial charge in [0.15, 0.2) is 11.6 Å². The molecule has 0 aliphatic rings. The van der Waals surface area contributed by atoms with E-state index < -0.39 is 11.9 Å². The number of rotatable bonds is 14. The molecule has 0 aromatic heterocycles. The maximum Gasteiger partial charge on any atom is 0.343 e. The van der Waals surface area contributed by atoms with Gasteiger partial charge in [-0.15, -0.1) is 0 Å². The summed E-state index contributed by atoms with van der Waals surface area (Å²) < 4.78 is 11.2. The van der Waals surface area contributed by atoms with E-state index in [0.717, 1.165) is 37.6 Å². The monoisotopic (exact) mass is 774 g/mol. The largest absolute Gasteiger partial charge is 0.423 e. The molecule has 0 fully saturated rings. The lowest BCUT2D eigenvalue weighted by atomic mass is 9.91. The summed E-state index contributed by atoms with van der Waals surface area (Å²) in [7, 11) is 0. The molecule has 0 amide bonds. The van der Waals surface area contributed by atoms with Crippen molar-refractivity contribution in [2.24, 2.45) is 21.7 Å². The first-order chi connectivity index (χ1) is 26.3. The molecule has 0 saturated carbocycles. The summed E-state index contributed by atoms with van der Waals surface area (Å²) in [4.78, 5) is 56.6. The minimum absolute atomic E-state index is 0.101. The summed E-state index contributed by atoms with van der Waals surface area (Å²) >= 11 is 0. The Morgan fingerprint density at radius 3 is 0.877 bits per heavy atom. The Morgan fingerprint density at radius 2 is 0.632 bits per heavy atom. The summed E-state index contributed by atoms with van der Waals surface area (Å²) in [6.07, 6.45) is -0.347. The van der Waals surface area contributed by atoms with Crippen LogP contribution in [0.4, 0.5) is 11.4 Å². The van der Waals surface area contributed by atoms with Gasteiger partial charge in [0.2, 0.25) is 0 Å². The van der Waals surface area contributed by atoms with E-state index in [2.05, 4.69) is 92.9 Å². The van der Waals surface area contributed by atoms with Gasteiger partial charge in [0.1, 0.15) is 11.5 Å². The zero-order chi connectivity index (χ0) is 42.3. The van der Waals surface area contributed by atoms with Crippen LogP contribution in [0.25, 0.3) is 0 Å². The average molecular weight is 775 g/mol. The molecule has 0 saturated heterocycles. The molecule has 0 unspecified atom stereocenters. The number of Topliss-reactive ketones (excluding diaryl/α,β-unsaturated/α-hetero) is 2. The summed E-state index contributed by atoms with van der Waals surface area (Å²) in [5.74, 6) is -1.17. The predicted molar refractivity (Wildman–Crippen MR) is 231 cm³/mol. The van der Waals surface area contributed by atoms with Crippen LogP contribution in [-0.2, 0) is 0 Å². The van der Waals surface area contributed by atoms with E-state index >= 15 is 0 Å². The number of hydrogen-bond acceptors (Lipinski definition) is 8. The molecule has 4 rings (SSSR count). The van der Waals surface area contributed by atoms with Gasteiger partial charge in [0.05, 0.1) is 17.5 Å². The van der Waals surface area contributed by atoms with Crippen molar-refractivity contribution in [3.8, 4) is 11.5 Å². The highest BCUT2D eigenvalue weighted by Crippen LogP contribution is 2.29. The first-order valence-corrected chi connectivity index (χ1v) is 19.8. The Morgan fingerprint density at radius 1 is 0.386 bits per heavy atom. The van der Waals surface area contributed by atoms with E-state index in [9.17, 15) is 19.2 Å². The second-order valence-corrected chi connectivity index (χ2v) is 19.9. The maximum atomic E-state index is 13.0. The Kier molecular flexibility index (Phi) is 14.0. The summed E-state index contributed by atoms with van der Waals surface area (Å²) in [5.41, 5.74) is 3.96. The van der Waals surface area contributed by atoms with E-state index in [4.69, 9.17) is 9.47 Å². The van der Waals surface area contributed by atoms with E-state index in [0.29, 0.717) is 22.3 Å². The van der Waals surface area contributed by atoms with Gasteiger partial charge in [-0.25, -0.2) is 9.59 Å². The molecule has 8 heteroatoms. The van der Waals surface area contributed by atoms with Crippen LogP contribution in [0, 0.1) is 21.7 Å². The lowest BCUT2D eigenvalue weighted by molar-refractivity contribution is 0.0725. The lowest BCUT2D eigenvalue weighted by Gasteiger charge is -2.36. The van der Waals surface area contributed by atoms with Crippen LogP contribution >= 0.6 is 0 Å². The summed E-state index contributed by atoms with van der Waals surface area (Å²) in [5, 5.41) is 0. The van der Waals surface area contributed by atoms with Gasteiger partial charge >= 0.3 is 11.9 Å². The van der Waals surface area contributed by atoms with E-state index in [1.165, 1.54) is 0 Å². The van der Waals surface area contributed by atoms with Crippen LogP contribution in [0.3, 0.4) is 0 Å². The van der Waals surface area contributed by atoms with Crippen LogP contribution in [0.1, 0.15) is 131 Å². The van der Waals surface area contributed by atoms with Gasteiger partial charge in [-0.05, 0) is 119 Å². The summed E-state index contributed by atoms with van der Waals surface area (Å²) in [6, 6.07) is 27.2. The Hall–Kier alpha value is -5.24. The van der Waals surface area contributed by atoms with Gasteiger partial charge in [-0.1, -0.05) is 83.1 Å². The average Bonchev–Trinajstić information content (AvgIpc) is 3.09. The number of ketones is 2. The molecule has 4 aromatic rings. The zero-order valence-electron chi connectivity index (χ0n) is 36.1. The number of carbonyl (C=O) groups is 4. The summed E-state index contributed by atoms with van der Waals surface area (Å²) in [6.45, 7) is 30.0. The second-order valence-electron chi connectivity index (χ2n) is 19.9. The fraction of sp³-hybridized carbons (Fsp3) is 0.429. The molecule has 4 aromatic carbocycles. The van der Waals surface area contributed by atoms with E-state index in [-0.39, 0.29) is 51.1 Å². The van der Waals surface area contributed by atoms with Crippen molar-refractivity contribution >= 4 is 34.9 Å². The molecule has 8 nitrogen and oxygen atoms in total. The molecule has 0 heterocycles. The highest BCUT2D eigenvalue weighted by molar-refractivity contribution is 6.13. The zero-order valence-corrected chi connectivity index (χ0v) is 36.1. The van der Waals surface area contributed by atoms with Gasteiger partial charge in [-0.2, -0.15) is 0 Å². The fourth-order valence-corrected chi connectivity index (χ4v) is 6.48. The second kappa shape index (κ2) is 17.9. The Balaban J connectivity index is 1.31. The highest BCUT2D eigenvalue weighted by Gasteiger charge is 2.24. The number of hydrogen-bond donors (Lipinski definition) is 0. The fourth-order valence-electron chi connectivity index (χ4n) is 6.48. The van der Waals surface area contributed by atoms with Gasteiger partial charge in [0, 0.05) is 48.7 Å². The minimum Gasteiger partial charge on any atom is -0.423 e. The number of carbonyl (C=O) groups excluding carboxylic acids is 4. The van der Waals surface area contributed by atoms with Crippen LogP contribution < -0.4 is 19.3 Å². The highest BCUT2D eigenvalue weighted by atomic mass is 16.5. The number of esters is 2. The van der Waals surface area contributed by atoms with Crippen LogP contribution in [-0.4, -0.2) is 49.7 Å². The molecular weight excluding hydrogens is 713 g/mol. The third-order valence-corrected chi connectivity index (χ3v) is 8.69. The molecule has 0 radical (unpaired) electrons. The topological polar surface area (TPSA) is 93.2 Å². The quantitative estimate of drug-likeness (QED) is 0.0541. The standard InChI is InChI=1S/C49H62N2O6/c1-46(2,3)30-50(31-47(4,5)6)38-21-13-36(14-22-38)44(54)56-40-25-17-34(18-26-40)42(52)29-43(53)35-19-27-41(28-20-35)57-45(55)37-15-23-39(24-16-37)51(32-48(7,8)9)33-49(10,11)12/h13-28H,29-33H2,1-12H3. The van der Waals surface area contributed by atoms with Crippen LogP contribution in [0.15, 0.2) is 97.1 Å². The van der Waals surface area contributed by atoms with Crippen molar-refractivity contribution < 1.29 is 28.7 Å². The number of anilines is 2. The number of benzene rings is 4. The molecule has 0 aliphatic heterocycles. The van der Waals surface area contributed by atoms with Crippen LogP contribution in [0.2, 0.25) is 0 Å². The molecule has 0 spiro atoms. The normalized spacial score (nSPS) is 12.1. The van der Waals surface area contributed by atoms with Crippen molar-refractivity contribution in [1.82, 2.24) is 0 Å². The molecule has 0 aliphatic carbocycles. The van der Waals surface area contributed by atoms with Gasteiger partial charge in [0.25, 0.3) is 0 Å². The van der Waals surface area contributed by atoms with E-state index in [1.807, 2.05) is 24.3 Å².